The summed E-state index contributed by atoms with van der Waals surface area (Å²) in [5, 5.41) is 16.3. The van der Waals surface area contributed by atoms with Gasteiger partial charge >= 0.3 is 0 Å². The molecule has 2 aromatic carbocycles. The van der Waals surface area contributed by atoms with Crippen LogP contribution in [0.25, 0.3) is 0 Å². The molecular formula is C16H16ClN3O5S. The molecule has 2 rings (SSSR count). The van der Waals surface area contributed by atoms with Gasteiger partial charge in [-0.1, -0.05) is 11.6 Å². The summed E-state index contributed by atoms with van der Waals surface area (Å²) in [6.07, 6.45) is 1.02. The third-order valence-corrected chi connectivity index (χ3v) is 4.99. The van der Waals surface area contributed by atoms with Crippen molar-refractivity contribution in [3.8, 4) is 0 Å². The molecule has 0 radical (unpaired) electrons. The van der Waals surface area contributed by atoms with Gasteiger partial charge in [-0.3, -0.25) is 14.9 Å². The monoisotopic (exact) mass is 397 g/mol. The molecular weight excluding hydrogens is 382 g/mol. The molecule has 2 aromatic rings. The van der Waals surface area contributed by atoms with Gasteiger partial charge in [0.25, 0.3) is 11.6 Å². The van der Waals surface area contributed by atoms with Gasteiger partial charge < -0.3 is 10.6 Å². The highest BCUT2D eigenvalue weighted by molar-refractivity contribution is 7.90. The van der Waals surface area contributed by atoms with E-state index in [1.165, 1.54) is 30.3 Å². The molecule has 138 valence electrons. The summed E-state index contributed by atoms with van der Waals surface area (Å²) >= 11 is 5.85. The van der Waals surface area contributed by atoms with E-state index in [4.69, 9.17) is 11.6 Å². The van der Waals surface area contributed by atoms with Crippen molar-refractivity contribution in [3.63, 3.8) is 0 Å². The van der Waals surface area contributed by atoms with E-state index in [-0.39, 0.29) is 27.7 Å². The molecule has 0 saturated heterocycles. The largest absolute Gasteiger partial charge is 0.383 e. The van der Waals surface area contributed by atoms with Crippen molar-refractivity contribution in [3.05, 3.63) is 63.2 Å². The van der Waals surface area contributed by atoms with Crippen LogP contribution in [0.3, 0.4) is 0 Å². The van der Waals surface area contributed by atoms with Crippen molar-refractivity contribution in [1.29, 1.82) is 0 Å². The van der Waals surface area contributed by atoms with E-state index in [0.29, 0.717) is 12.2 Å². The number of rotatable bonds is 7. The van der Waals surface area contributed by atoms with Gasteiger partial charge in [-0.15, -0.1) is 0 Å². The second-order valence-electron chi connectivity index (χ2n) is 5.40. The number of nitro benzene ring substituents is 1. The summed E-state index contributed by atoms with van der Waals surface area (Å²) < 4.78 is 23.3. The minimum atomic E-state index is -3.53. The number of amides is 1. The van der Waals surface area contributed by atoms with Crippen LogP contribution in [0, 0.1) is 10.1 Å². The quantitative estimate of drug-likeness (QED) is 0.421. The maximum atomic E-state index is 12.1. The zero-order valence-electron chi connectivity index (χ0n) is 13.7. The fourth-order valence-electron chi connectivity index (χ4n) is 2.11. The average molecular weight is 398 g/mol. The number of carbonyl (C=O) groups is 1. The fraction of sp³-hybridized carbons (Fsp3) is 0.188. The van der Waals surface area contributed by atoms with E-state index in [9.17, 15) is 23.3 Å². The maximum Gasteiger partial charge on any atom is 0.269 e. The molecule has 0 saturated carbocycles. The summed E-state index contributed by atoms with van der Waals surface area (Å²) in [5.41, 5.74) is 0.856. The van der Waals surface area contributed by atoms with Crippen LogP contribution < -0.4 is 10.6 Å². The molecule has 0 aromatic heterocycles. The van der Waals surface area contributed by atoms with Gasteiger partial charge in [0, 0.05) is 42.7 Å². The van der Waals surface area contributed by atoms with Crippen LogP contribution in [0.1, 0.15) is 10.4 Å². The molecule has 0 atom stereocenters. The summed E-state index contributed by atoms with van der Waals surface area (Å²) in [7, 11) is -3.53. The van der Waals surface area contributed by atoms with Crippen LogP contribution in [0.15, 0.2) is 47.4 Å². The van der Waals surface area contributed by atoms with Crippen molar-refractivity contribution >= 4 is 38.7 Å². The number of hydrogen-bond donors (Lipinski definition) is 2. The first-order valence-corrected chi connectivity index (χ1v) is 9.71. The number of nitrogens with zero attached hydrogens (tertiary/aromatic N) is 1. The Labute approximate surface area is 155 Å². The van der Waals surface area contributed by atoms with Crippen molar-refractivity contribution in [2.24, 2.45) is 0 Å². The van der Waals surface area contributed by atoms with Gasteiger partial charge in [-0.25, -0.2) is 8.42 Å². The Morgan fingerprint density at radius 1 is 1.15 bits per heavy atom. The van der Waals surface area contributed by atoms with Crippen molar-refractivity contribution < 1.29 is 18.1 Å². The van der Waals surface area contributed by atoms with E-state index < -0.39 is 20.7 Å². The summed E-state index contributed by atoms with van der Waals surface area (Å²) in [6, 6.07) is 9.92. The van der Waals surface area contributed by atoms with Crippen molar-refractivity contribution in [2.75, 3.05) is 24.7 Å². The van der Waals surface area contributed by atoms with Crippen LogP contribution in [-0.2, 0) is 9.84 Å². The number of nitro groups is 1. The molecule has 8 nitrogen and oxygen atoms in total. The van der Waals surface area contributed by atoms with E-state index >= 15 is 0 Å². The minimum Gasteiger partial charge on any atom is -0.383 e. The highest BCUT2D eigenvalue weighted by Gasteiger charge is 2.15. The first-order chi connectivity index (χ1) is 12.2. The lowest BCUT2D eigenvalue weighted by Gasteiger charge is -2.09. The molecule has 0 bridgehead atoms. The Balaban J connectivity index is 1.90. The molecule has 0 aliphatic rings. The summed E-state index contributed by atoms with van der Waals surface area (Å²) in [5.74, 6) is -0.433. The Morgan fingerprint density at radius 2 is 1.81 bits per heavy atom. The first-order valence-electron chi connectivity index (χ1n) is 7.44. The molecule has 0 aliphatic heterocycles. The number of nitrogens with one attached hydrogen (secondary N) is 2. The zero-order valence-corrected chi connectivity index (χ0v) is 15.3. The molecule has 10 heteroatoms. The van der Waals surface area contributed by atoms with Gasteiger partial charge in [0.1, 0.15) is 0 Å². The Kier molecular flexibility index (Phi) is 6.17. The van der Waals surface area contributed by atoms with Crippen LogP contribution >= 0.6 is 11.6 Å². The predicted molar refractivity (Wildman–Crippen MR) is 98.5 cm³/mol. The number of benzene rings is 2. The Bertz CT molecular complexity index is 929. The normalized spacial score (nSPS) is 11.0. The molecule has 0 heterocycles. The molecule has 0 aliphatic carbocycles. The number of non-ortho nitro benzene ring substituents is 1. The highest BCUT2D eigenvalue weighted by atomic mass is 35.5. The van der Waals surface area contributed by atoms with E-state index in [2.05, 4.69) is 10.6 Å². The van der Waals surface area contributed by atoms with Crippen molar-refractivity contribution in [1.82, 2.24) is 5.32 Å². The fourth-order valence-corrected chi connectivity index (χ4v) is 3.42. The third-order valence-electron chi connectivity index (χ3n) is 3.41. The summed E-state index contributed by atoms with van der Waals surface area (Å²) in [4.78, 5) is 22.1. The predicted octanol–water partition coefficient (Wildman–Crippen LogP) is 2.49. The van der Waals surface area contributed by atoms with E-state index in [1.807, 2.05) is 0 Å². The van der Waals surface area contributed by atoms with E-state index in [0.717, 1.165) is 6.26 Å². The van der Waals surface area contributed by atoms with E-state index in [1.54, 1.807) is 12.1 Å². The lowest BCUT2D eigenvalue weighted by molar-refractivity contribution is -0.384. The second-order valence-corrected chi connectivity index (χ2v) is 7.80. The Morgan fingerprint density at radius 3 is 2.38 bits per heavy atom. The average Bonchev–Trinajstić information content (AvgIpc) is 2.58. The minimum absolute atomic E-state index is 0.00623. The van der Waals surface area contributed by atoms with Gasteiger partial charge in [0.05, 0.1) is 14.8 Å². The SMILES string of the molecule is CS(=O)(=O)c1cc(C(=O)NCCNc2ccc([N+](=O)[O-])cc2)ccc1Cl. The van der Waals surface area contributed by atoms with Crippen LogP contribution in [0.2, 0.25) is 5.02 Å². The van der Waals surface area contributed by atoms with Crippen LogP contribution in [-0.4, -0.2) is 38.6 Å². The number of sulfone groups is 1. The molecule has 1 amide bonds. The van der Waals surface area contributed by atoms with Crippen LogP contribution in [0.4, 0.5) is 11.4 Å². The second kappa shape index (κ2) is 8.15. The molecule has 2 N–H and O–H groups in total. The van der Waals surface area contributed by atoms with Crippen molar-refractivity contribution in [2.45, 2.75) is 4.90 Å². The molecule has 0 spiro atoms. The number of hydrogen-bond acceptors (Lipinski definition) is 6. The first kappa shape index (κ1) is 19.7. The smallest absolute Gasteiger partial charge is 0.269 e. The van der Waals surface area contributed by atoms with Gasteiger partial charge in [0.2, 0.25) is 0 Å². The van der Waals surface area contributed by atoms with Crippen LogP contribution in [0.5, 0.6) is 0 Å². The topological polar surface area (TPSA) is 118 Å². The zero-order chi connectivity index (χ0) is 19.3. The lowest BCUT2D eigenvalue weighted by atomic mass is 10.2. The number of halogens is 1. The molecule has 26 heavy (non-hydrogen) atoms. The third kappa shape index (κ3) is 5.17. The maximum absolute atomic E-state index is 12.1. The molecule has 0 fully saturated rings. The molecule has 0 unspecified atom stereocenters. The number of anilines is 1. The van der Waals surface area contributed by atoms with Gasteiger partial charge in [0.15, 0.2) is 9.84 Å². The standard InChI is InChI=1S/C16H16ClN3O5S/c1-26(24,25)15-10-11(2-7-14(15)17)16(21)19-9-8-18-12-3-5-13(6-4-12)20(22)23/h2-7,10,18H,8-9H2,1H3,(H,19,21). The highest BCUT2D eigenvalue weighted by Crippen LogP contribution is 2.22. The Hall–Kier alpha value is -2.65. The van der Waals surface area contributed by atoms with Gasteiger partial charge in [-0.2, -0.15) is 0 Å². The number of carbonyl (C=O) groups excluding carboxylic acids is 1. The summed E-state index contributed by atoms with van der Waals surface area (Å²) in [6.45, 7) is 0.655. The van der Waals surface area contributed by atoms with Gasteiger partial charge in [-0.05, 0) is 30.3 Å². The lowest BCUT2D eigenvalue weighted by Crippen LogP contribution is -2.28.